The lowest BCUT2D eigenvalue weighted by Crippen LogP contribution is -2.51. The third kappa shape index (κ3) is 1.68. The molecule has 0 radical (unpaired) electrons. The Morgan fingerprint density at radius 3 is 2.55 bits per heavy atom. The standard InChI is InChI=1S/C6H11NO4/c8-4-3(6(10)11)1-2-7-5(4)9/h3-5,7-9H,1-2H2,(H,10,11). The molecule has 3 atom stereocenters. The molecule has 0 spiro atoms. The van der Waals surface area contributed by atoms with Crippen LogP contribution in [0.15, 0.2) is 0 Å². The van der Waals surface area contributed by atoms with Crippen LogP contribution in [0.2, 0.25) is 0 Å². The van der Waals surface area contributed by atoms with E-state index >= 15 is 0 Å². The van der Waals surface area contributed by atoms with E-state index in [2.05, 4.69) is 5.32 Å². The average molecular weight is 161 g/mol. The van der Waals surface area contributed by atoms with E-state index in [1.165, 1.54) is 0 Å². The monoisotopic (exact) mass is 161 g/mol. The Balaban J connectivity index is 2.58. The lowest BCUT2D eigenvalue weighted by molar-refractivity contribution is -0.153. The van der Waals surface area contributed by atoms with Crippen molar-refractivity contribution in [1.82, 2.24) is 5.32 Å². The van der Waals surface area contributed by atoms with Gasteiger partial charge in [-0.25, -0.2) is 0 Å². The van der Waals surface area contributed by atoms with Crippen LogP contribution in [-0.2, 0) is 4.79 Å². The first-order chi connectivity index (χ1) is 5.13. The minimum absolute atomic E-state index is 0.355. The molecule has 0 amide bonds. The highest BCUT2D eigenvalue weighted by Gasteiger charge is 2.34. The molecule has 1 aliphatic heterocycles. The molecule has 1 rings (SSSR count). The zero-order valence-electron chi connectivity index (χ0n) is 5.90. The number of hydrogen-bond acceptors (Lipinski definition) is 4. The van der Waals surface area contributed by atoms with E-state index < -0.39 is 24.2 Å². The Labute approximate surface area is 63.7 Å². The highest BCUT2D eigenvalue weighted by molar-refractivity contribution is 5.70. The number of piperidine rings is 1. The summed E-state index contributed by atoms with van der Waals surface area (Å²) >= 11 is 0. The van der Waals surface area contributed by atoms with Crippen molar-refractivity contribution in [2.24, 2.45) is 5.92 Å². The van der Waals surface area contributed by atoms with Crippen molar-refractivity contribution in [3.63, 3.8) is 0 Å². The van der Waals surface area contributed by atoms with E-state index in [-0.39, 0.29) is 0 Å². The molecular formula is C6H11NO4. The first-order valence-electron chi connectivity index (χ1n) is 3.45. The van der Waals surface area contributed by atoms with Gasteiger partial charge in [-0.2, -0.15) is 0 Å². The second-order valence-electron chi connectivity index (χ2n) is 2.62. The van der Waals surface area contributed by atoms with Crippen LogP contribution < -0.4 is 5.32 Å². The van der Waals surface area contributed by atoms with Crippen LogP contribution in [0.4, 0.5) is 0 Å². The first kappa shape index (κ1) is 8.45. The number of aliphatic carboxylic acids is 1. The summed E-state index contributed by atoms with van der Waals surface area (Å²) in [5.74, 6) is -1.90. The van der Waals surface area contributed by atoms with Crippen LogP contribution in [-0.4, -0.2) is 40.2 Å². The molecule has 5 nitrogen and oxygen atoms in total. The maximum Gasteiger partial charge on any atom is 0.309 e. The van der Waals surface area contributed by atoms with E-state index in [1.807, 2.05) is 0 Å². The number of rotatable bonds is 1. The summed E-state index contributed by atoms with van der Waals surface area (Å²) in [6, 6.07) is 0. The van der Waals surface area contributed by atoms with Crippen molar-refractivity contribution in [3.05, 3.63) is 0 Å². The summed E-state index contributed by atoms with van der Waals surface area (Å²) in [6.07, 6.45) is -1.95. The molecule has 1 aliphatic rings. The second kappa shape index (κ2) is 3.17. The fraction of sp³-hybridized carbons (Fsp3) is 0.833. The van der Waals surface area contributed by atoms with Gasteiger partial charge in [-0.1, -0.05) is 0 Å². The summed E-state index contributed by atoms with van der Waals surface area (Å²) in [5.41, 5.74) is 0. The van der Waals surface area contributed by atoms with Crippen molar-refractivity contribution in [2.45, 2.75) is 18.8 Å². The Morgan fingerprint density at radius 1 is 1.45 bits per heavy atom. The van der Waals surface area contributed by atoms with Gasteiger partial charge in [0.2, 0.25) is 0 Å². The first-order valence-corrected chi connectivity index (χ1v) is 3.45. The van der Waals surface area contributed by atoms with Gasteiger partial charge in [-0.05, 0) is 13.0 Å². The van der Waals surface area contributed by atoms with Crippen LogP contribution >= 0.6 is 0 Å². The van der Waals surface area contributed by atoms with E-state index in [0.29, 0.717) is 13.0 Å². The fourth-order valence-corrected chi connectivity index (χ4v) is 1.17. The van der Waals surface area contributed by atoms with Gasteiger partial charge >= 0.3 is 5.97 Å². The molecule has 5 heteroatoms. The van der Waals surface area contributed by atoms with Gasteiger partial charge in [0.1, 0.15) is 12.3 Å². The zero-order valence-corrected chi connectivity index (χ0v) is 5.90. The number of carboxylic acids is 1. The van der Waals surface area contributed by atoms with Crippen molar-refractivity contribution >= 4 is 5.97 Å². The van der Waals surface area contributed by atoms with Crippen LogP contribution in [0, 0.1) is 5.92 Å². The van der Waals surface area contributed by atoms with Crippen LogP contribution in [0.25, 0.3) is 0 Å². The van der Waals surface area contributed by atoms with Crippen LogP contribution in [0.3, 0.4) is 0 Å². The quantitative estimate of drug-likeness (QED) is 0.370. The SMILES string of the molecule is O=C(O)C1CCNC(O)C1O. The van der Waals surface area contributed by atoms with Gasteiger partial charge in [0.05, 0.1) is 5.92 Å². The predicted molar refractivity (Wildman–Crippen MR) is 35.8 cm³/mol. The van der Waals surface area contributed by atoms with E-state index in [9.17, 15) is 4.79 Å². The Bertz CT molecular complexity index is 161. The lowest BCUT2D eigenvalue weighted by atomic mass is 9.94. The van der Waals surface area contributed by atoms with Crippen molar-refractivity contribution in [2.75, 3.05) is 6.54 Å². The number of carboxylic acid groups (broad SMARTS) is 1. The van der Waals surface area contributed by atoms with Crippen molar-refractivity contribution in [3.8, 4) is 0 Å². The van der Waals surface area contributed by atoms with E-state index in [1.54, 1.807) is 0 Å². The highest BCUT2D eigenvalue weighted by Crippen LogP contribution is 2.15. The molecule has 11 heavy (non-hydrogen) atoms. The summed E-state index contributed by atoms with van der Waals surface area (Å²) in [6.45, 7) is 0.426. The highest BCUT2D eigenvalue weighted by atomic mass is 16.4. The Morgan fingerprint density at radius 2 is 2.09 bits per heavy atom. The minimum atomic E-state index is -1.19. The number of carbonyl (C=O) groups is 1. The number of aliphatic hydroxyl groups is 2. The number of hydrogen-bond donors (Lipinski definition) is 4. The molecule has 3 unspecified atom stereocenters. The Kier molecular flexibility index (Phi) is 2.43. The van der Waals surface area contributed by atoms with E-state index in [4.69, 9.17) is 15.3 Å². The van der Waals surface area contributed by atoms with Crippen molar-refractivity contribution in [1.29, 1.82) is 0 Å². The molecule has 0 aliphatic carbocycles. The summed E-state index contributed by atoms with van der Waals surface area (Å²) in [4.78, 5) is 10.4. The topological polar surface area (TPSA) is 89.8 Å². The predicted octanol–water partition coefficient (Wildman–Crippen LogP) is -1.64. The van der Waals surface area contributed by atoms with E-state index in [0.717, 1.165) is 0 Å². The molecule has 1 heterocycles. The molecule has 64 valence electrons. The molecule has 0 aromatic carbocycles. The van der Waals surface area contributed by atoms with Crippen molar-refractivity contribution < 1.29 is 20.1 Å². The summed E-state index contributed by atoms with van der Waals surface area (Å²) < 4.78 is 0. The lowest BCUT2D eigenvalue weighted by Gasteiger charge is -2.29. The molecule has 0 aromatic rings. The van der Waals surface area contributed by atoms with Gasteiger partial charge in [-0.3, -0.25) is 10.1 Å². The fourth-order valence-electron chi connectivity index (χ4n) is 1.17. The second-order valence-corrected chi connectivity index (χ2v) is 2.62. The van der Waals surface area contributed by atoms with Crippen LogP contribution in [0.1, 0.15) is 6.42 Å². The molecule has 0 bridgehead atoms. The molecular weight excluding hydrogens is 150 g/mol. The maximum absolute atomic E-state index is 10.4. The average Bonchev–Trinajstić information content (AvgIpc) is 1.94. The number of nitrogens with one attached hydrogen (secondary N) is 1. The molecule has 1 fully saturated rings. The van der Waals surface area contributed by atoms with Crippen LogP contribution in [0.5, 0.6) is 0 Å². The van der Waals surface area contributed by atoms with Gasteiger partial charge < -0.3 is 15.3 Å². The normalized spacial score (nSPS) is 38.5. The third-order valence-corrected chi connectivity index (χ3v) is 1.86. The largest absolute Gasteiger partial charge is 0.481 e. The Hall–Kier alpha value is -0.650. The van der Waals surface area contributed by atoms with Gasteiger partial charge in [0, 0.05) is 0 Å². The number of aliphatic hydroxyl groups excluding tert-OH is 2. The smallest absolute Gasteiger partial charge is 0.309 e. The molecule has 1 saturated heterocycles. The maximum atomic E-state index is 10.4. The molecule has 0 saturated carbocycles. The van der Waals surface area contributed by atoms with Gasteiger partial charge in [-0.15, -0.1) is 0 Å². The van der Waals surface area contributed by atoms with Gasteiger partial charge in [0.25, 0.3) is 0 Å². The molecule has 0 aromatic heterocycles. The minimum Gasteiger partial charge on any atom is -0.481 e. The van der Waals surface area contributed by atoms with Gasteiger partial charge in [0.15, 0.2) is 0 Å². The molecule has 4 N–H and O–H groups in total. The summed E-state index contributed by atoms with van der Waals surface area (Å²) in [7, 11) is 0. The summed E-state index contributed by atoms with van der Waals surface area (Å²) in [5, 5.41) is 29.2. The zero-order chi connectivity index (χ0) is 8.43. The third-order valence-electron chi connectivity index (χ3n) is 1.86.